The second-order valence-corrected chi connectivity index (χ2v) is 3.39. The minimum Gasteiger partial charge on any atom is -0.492 e. The van der Waals surface area contributed by atoms with Gasteiger partial charge in [-0.15, -0.1) is 0 Å². The molecule has 2 heteroatoms. The molecule has 1 heterocycles. The molecule has 0 saturated carbocycles. The van der Waals surface area contributed by atoms with E-state index in [1.807, 2.05) is 0 Å². The largest absolute Gasteiger partial charge is 0.492 e. The van der Waals surface area contributed by atoms with Gasteiger partial charge in [-0.2, -0.15) is 0 Å². The SMILES string of the molecule is C=CC1=C(C(=C)Cl)OCCC1C. The van der Waals surface area contributed by atoms with Crippen molar-refractivity contribution in [3.63, 3.8) is 0 Å². The second-order valence-electron chi connectivity index (χ2n) is 2.93. The lowest BCUT2D eigenvalue weighted by Gasteiger charge is -2.24. The molecule has 0 spiro atoms. The first kappa shape index (κ1) is 9.40. The van der Waals surface area contributed by atoms with Crippen LogP contribution in [0.4, 0.5) is 0 Å². The first-order valence-electron chi connectivity index (χ1n) is 4.01. The Hall–Kier alpha value is -0.690. The molecule has 0 aromatic heterocycles. The first-order chi connectivity index (χ1) is 5.66. The summed E-state index contributed by atoms with van der Waals surface area (Å²) in [6.45, 7) is 10.2. The molecule has 1 rings (SSSR count). The number of hydrogen-bond acceptors (Lipinski definition) is 1. The van der Waals surface area contributed by atoms with Crippen LogP contribution >= 0.6 is 11.6 Å². The Balaban J connectivity index is 3.02. The number of ether oxygens (including phenoxy) is 1. The summed E-state index contributed by atoms with van der Waals surface area (Å²) in [6.07, 6.45) is 2.82. The van der Waals surface area contributed by atoms with E-state index < -0.39 is 0 Å². The molecule has 0 amide bonds. The van der Waals surface area contributed by atoms with Gasteiger partial charge in [0.2, 0.25) is 0 Å². The maximum Gasteiger partial charge on any atom is 0.140 e. The van der Waals surface area contributed by atoms with Crippen molar-refractivity contribution >= 4 is 11.6 Å². The zero-order valence-corrected chi connectivity index (χ0v) is 8.03. The number of hydrogen-bond donors (Lipinski definition) is 0. The molecule has 1 atom stereocenters. The molecule has 66 valence electrons. The Morgan fingerprint density at radius 2 is 2.42 bits per heavy atom. The van der Waals surface area contributed by atoms with Gasteiger partial charge in [0, 0.05) is 0 Å². The Morgan fingerprint density at radius 3 is 2.83 bits per heavy atom. The average Bonchev–Trinajstić information content (AvgIpc) is 2.03. The lowest BCUT2D eigenvalue weighted by atomic mass is 9.95. The molecule has 1 unspecified atom stereocenters. The topological polar surface area (TPSA) is 9.23 Å². The summed E-state index contributed by atoms with van der Waals surface area (Å²) in [7, 11) is 0. The predicted octanol–water partition coefficient (Wildman–Crippen LogP) is 3.24. The van der Waals surface area contributed by atoms with Gasteiger partial charge in [-0.3, -0.25) is 0 Å². The lowest BCUT2D eigenvalue weighted by molar-refractivity contribution is 0.182. The van der Waals surface area contributed by atoms with Crippen molar-refractivity contribution in [1.29, 1.82) is 0 Å². The number of rotatable bonds is 2. The minimum atomic E-state index is 0.469. The molecule has 0 radical (unpaired) electrons. The molecule has 0 saturated heterocycles. The van der Waals surface area contributed by atoms with E-state index in [1.54, 1.807) is 6.08 Å². The summed E-state index contributed by atoms with van der Waals surface area (Å²) in [5.74, 6) is 1.19. The van der Waals surface area contributed by atoms with Crippen LogP contribution in [0.25, 0.3) is 0 Å². The summed E-state index contributed by atoms with van der Waals surface area (Å²) in [5.41, 5.74) is 1.07. The molecular weight excluding hydrogens is 172 g/mol. The summed E-state index contributed by atoms with van der Waals surface area (Å²) >= 11 is 5.77. The van der Waals surface area contributed by atoms with Gasteiger partial charge < -0.3 is 4.74 Å². The Kier molecular flexibility index (Phi) is 2.99. The number of halogens is 1. The summed E-state index contributed by atoms with van der Waals surface area (Å²) in [6, 6.07) is 0. The first-order valence-corrected chi connectivity index (χ1v) is 4.38. The molecule has 1 aliphatic heterocycles. The van der Waals surface area contributed by atoms with E-state index in [2.05, 4.69) is 20.1 Å². The van der Waals surface area contributed by atoms with Crippen molar-refractivity contribution in [3.8, 4) is 0 Å². The molecule has 0 N–H and O–H groups in total. The molecule has 0 aromatic rings. The molecule has 0 aliphatic carbocycles. The van der Waals surface area contributed by atoms with Crippen LogP contribution < -0.4 is 0 Å². The monoisotopic (exact) mass is 184 g/mol. The smallest absolute Gasteiger partial charge is 0.140 e. The highest BCUT2D eigenvalue weighted by Crippen LogP contribution is 2.30. The molecule has 12 heavy (non-hydrogen) atoms. The highest BCUT2D eigenvalue weighted by atomic mass is 35.5. The zero-order valence-electron chi connectivity index (χ0n) is 7.27. The van der Waals surface area contributed by atoms with E-state index in [9.17, 15) is 0 Å². The van der Waals surface area contributed by atoms with Gasteiger partial charge in [0.15, 0.2) is 0 Å². The summed E-state index contributed by atoms with van der Waals surface area (Å²) in [4.78, 5) is 0. The fourth-order valence-electron chi connectivity index (χ4n) is 1.33. The van der Waals surface area contributed by atoms with Crippen LogP contribution in [0.15, 0.2) is 35.6 Å². The fourth-order valence-corrected chi connectivity index (χ4v) is 1.49. The van der Waals surface area contributed by atoms with Crippen molar-refractivity contribution in [3.05, 3.63) is 35.6 Å². The van der Waals surface area contributed by atoms with Crippen LogP contribution in [0.3, 0.4) is 0 Å². The van der Waals surface area contributed by atoms with E-state index in [1.165, 1.54) is 0 Å². The molecule has 1 aliphatic rings. The third-order valence-electron chi connectivity index (χ3n) is 2.06. The molecule has 0 aromatic carbocycles. The third-order valence-corrected chi connectivity index (χ3v) is 2.23. The number of allylic oxidation sites excluding steroid dienone is 3. The molecule has 1 nitrogen and oxygen atoms in total. The van der Waals surface area contributed by atoms with E-state index in [0.717, 1.165) is 18.6 Å². The van der Waals surface area contributed by atoms with Crippen molar-refractivity contribution in [2.24, 2.45) is 5.92 Å². The van der Waals surface area contributed by atoms with Crippen LogP contribution in [0, 0.1) is 5.92 Å². The quantitative estimate of drug-likeness (QED) is 0.640. The van der Waals surface area contributed by atoms with Gasteiger partial charge >= 0.3 is 0 Å². The fraction of sp³-hybridized carbons (Fsp3) is 0.400. The van der Waals surface area contributed by atoms with Crippen LogP contribution in [0.2, 0.25) is 0 Å². The van der Waals surface area contributed by atoms with Gasteiger partial charge in [0.05, 0.1) is 11.6 Å². The standard InChI is InChI=1S/C10H13ClO/c1-4-9-7(2)5-6-12-10(9)8(3)11/h4,7H,1,3,5-6H2,2H3. The van der Waals surface area contributed by atoms with Crippen molar-refractivity contribution in [1.82, 2.24) is 0 Å². The van der Waals surface area contributed by atoms with E-state index in [4.69, 9.17) is 16.3 Å². The Labute approximate surface area is 78.4 Å². The van der Waals surface area contributed by atoms with Crippen molar-refractivity contribution in [2.45, 2.75) is 13.3 Å². The van der Waals surface area contributed by atoms with E-state index in [-0.39, 0.29) is 0 Å². The molecule has 0 bridgehead atoms. The van der Waals surface area contributed by atoms with Crippen LogP contribution in [0.1, 0.15) is 13.3 Å². The van der Waals surface area contributed by atoms with Gasteiger partial charge in [0.1, 0.15) is 5.76 Å². The van der Waals surface area contributed by atoms with Gasteiger partial charge in [-0.05, 0) is 17.9 Å². The van der Waals surface area contributed by atoms with Gasteiger partial charge in [-0.1, -0.05) is 37.8 Å². The van der Waals surface area contributed by atoms with E-state index in [0.29, 0.717) is 16.7 Å². The predicted molar refractivity (Wildman–Crippen MR) is 51.9 cm³/mol. The molecular formula is C10H13ClO. The van der Waals surface area contributed by atoms with Crippen molar-refractivity contribution < 1.29 is 4.74 Å². The van der Waals surface area contributed by atoms with Gasteiger partial charge in [-0.25, -0.2) is 0 Å². The molecule has 0 fully saturated rings. The zero-order chi connectivity index (χ0) is 9.14. The maximum atomic E-state index is 5.77. The van der Waals surface area contributed by atoms with E-state index >= 15 is 0 Å². The normalized spacial score (nSPS) is 23.3. The lowest BCUT2D eigenvalue weighted by Crippen LogP contribution is -2.13. The highest BCUT2D eigenvalue weighted by molar-refractivity contribution is 6.31. The van der Waals surface area contributed by atoms with Crippen LogP contribution in [-0.2, 0) is 4.74 Å². The Bertz CT molecular complexity index is 240. The van der Waals surface area contributed by atoms with Crippen LogP contribution in [0.5, 0.6) is 0 Å². The average molecular weight is 185 g/mol. The maximum absolute atomic E-state index is 5.77. The summed E-state index contributed by atoms with van der Waals surface area (Å²) < 4.78 is 5.39. The van der Waals surface area contributed by atoms with Gasteiger partial charge in [0.25, 0.3) is 0 Å². The van der Waals surface area contributed by atoms with Crippen LogP contribution in [-0.4, -0.2) is 6.61 Å². The minimum absolute atomic E-state index is 0.469. The summed E-state index contributed by atoms with van der Waals surface area (Å²) in [5, 5.41) is 0.469. The Morgan fingerprint density at radius 1 is 1.75 bits per heavy atom. The third kappa shape index (κ3) is 1.72. The van der Waals surface area contributed by atoms with Crippen molar-refractivity contribution in [2.75, 3.05) is 6.61 Å². The second kappa shape index (κ2) is 3.81. The highest BCUT2D eigenvalue weighted by Gasteiger charge is 2.19.